The fraction of sp³-hybridized carbons (Fsp3) is 0.200. The summed E-state index contributed by atoms with van der Waals surface area (Å²) in [6.45, 7) is -5.22. The summed E-state index contributed by atoms with van der Waals surface area (Å²) in [6.07, 6.45) is 0. The number of ether oxygens (including phenoxy) is 3. The average Bonchev–Trinajstić information content (AvgIpc) is 2.52. The van der Waals surface area contributed by atoms with Crippen LogP contribution in [-0.4, -0.2) is 21.2 Å². The topological polar surface area (TPSA) is 27.7 Å². The van der Waals surface area contributed by atoms with Gasteiger partial charge in [0.1, 0.15) is 18.1 Å². The minimum Gasteiger partial charge on any atom is -0.497 e. The number of methoxy groups -OCH3 is 2. The van der Waals surface area contributed by atoms with E-state index in [1.54, 1.807) is 24.3 Å². The Morgan fingerprint density at radius 3 is 2.22 bits per heavy atom. The van der Waals surface area contributed by atoms with Gasteiger partial charge in [-0.15, -0.1) is 0 Å². The van der Waals surface area contributed by atoms with Crippen molar-refractivity contribution in [3.05, 3.63) is 48.0 Å². The zero-order valence-corrected chi connectivity index (χ0v) is 16.3. The summed E-state index contributed by atoms with van der Waals surface area (Å²) in [5.74, 6) is 0.480. The van der Waals surface area contributed by atoms with Gasteiger partial charge < -0.3 is 27.2 Å². The minimum atomic E-state index is -5.20. The first-order chi connectivity index (χ1) is 10.5. The van der Waals surface area contributed by atoms with Crippen LogP contribution in [0.5, 0.6) is 17.2 Å². The molecule has 0 radical (unpaired) electrons. The van der Waals surface area contributed by atoms with Crippen molar-refractivity contribution >= 4 is 12.4 Å². The molecule has 3 nitrogen and oxygen atoms in total. The molecule has 0 atom stereocenters. The number of hydrogen-bond donors (Lipinski definition) is 0. The molecule has 0 N–H and O–H groups in total. The summed E-state index contributed by atoms with van der Waals surface area (Å²) in [5, 5.41) is 0. The van der Waals surface area contributed by atoms with Crippen molar-refractivity contribution < 1.29 is 78.5 Å². The van der Waals surface area contributed by atoms with Crippen LogP contribution in [0.1, 0.15) is 5.56 Å². The Morgan fingerprint density at radius 1 is 0.913 bits per heavy atom. The van der Waals surface area contributed by atoms with Crippen molar-refractivity contribution in [2.75, 3.05) is 14.2 Å². The largest absolute Gasteiger partial charge is 1.00 e. The van der Waals surface area contributed by atoms with Crippen molar-refractivity contribution in [2.45, 2.75) is 6.61 Å². The molecule has 0 fully saturated rings. The van der Waals surface area contributed by atoms with E-state index in [-0.39, 0.29) is 69.5 Å². The molecule has 0 unspecified atom stereocenters. The van der Waals surface area contributed by atoms with Gasteiger partial charge >= 0.3 is 58.4 Å². The Hall–Kier alpha value is -0.669. The molecule has 0 aliphatic heterocycles. The third kappa shape index (κ3) is 5.43. The monoisotopic (exact) mass is 350 g/mol. The summed E-state index contributed by atoms with van der Waals surface area (Å²) in [7, 11) is 2.81. The molecule has 2 rings (SSSR count). The SMILES string of the molecule is COc1ccc(OCc2ccccc2OC)c([B-](F)(F)F)c1.[K+]. The van der Waals surface area contributed by atoms with E-state index in [0.717, 1.165) is 6.07 Å². The summed E-state index contributed by atoms with van der Waals surface area (Å²) < 4.78 is 54.8. The van der Waals surface area contributed by atoms with Crippen LogP contribution in [-0.2, 0) is 6.61 Å². The Balaban J connectivity index is 0.00000264. The second-order valence-electron chi connectivity index (χ2n) is 4.58. The number of halogens is 3. The molecule has 0 aromatic heterocycles. The van der Waals surface area contributed by atoms with Gasteiger partial charge in [0.05, 0.1) is 20.0 Å². The maximum atomic E-state index is 13.1. The maximum absolute atomic E-state index is 13.1. The molecule has 0 aliphatic rings. The normalized spacial score (nSPS) is 10.7. The summed E-state index contributed by atoms with van der Waals surface area (Å²) in [6, 6.07) is 10.6. The van der Waals surface area contributed by atoms with E-state index in [4.69, 9.17) is 14.2 Å². The van der Waals surface area contributed by atoms with E-state index in [0.29, 0.717) is 11.3 Å². The molecule has 0 amide bonds. The third-order valence-electron chi connectivity index (χ3n) is 3.15. The fourth-order valence-corrected chi connectivity index (χ4v) is 2.02. The van der Waals surface area contributed by atoms with Gasteiger partial charge in [-0.1, -0.05) is 23.7 Å². The molecule has 0 aliphatic carbocycles. The fourth-order valence-electron chi connectivity index (χ4n) is 2.02. The van der Waals surface area contributed by atoms with Gasteiger partial charge in [-0.05, 0) is 24.3 Å². The number of rotatable bonds is 6. The number of benzene rings is 2. The quantitative estimate of drug-likeness (QED) is 0.704. The molecule has 2 aromatic carbocycles. The van der Waals surface area contributed by atoms with E-state index in [1.165, 1.54) is 26.4 Å². The van der Waals surface area contributed by atoms with Gasteiger partial charge in [-0.25, -0.2) is 0 Å². The van der Waals surface area contributed by atoms with Gasteiger partial charge in [0.15, 0.2) is 0 Å². The van der Waals surface area contributed by atoms with Crippen LogP contribution in [0.3, 0.4) is 0 Å². The zero-order chi connectivity index (χ0) is 16.2. The van der Waals surface area contributed by atoms with Crippen molar-refractivity contribution in [3.8, 4) is 17.2 Å². The molecule has 8 heteroatoms. The Labute approximate surface area is 175 Å². The molecule has 0 saturated carbocycles. The summed E-state index contributed by atoms with van der Waals surface area (Å²) in [5.41, 5.74) is -0.143. The van der Waals surface area contributed by atoms with Gasteiger partial charge in [-0.2, -0.15) is 0 Å². The predicted molar refractivity (Wildman–Crippen MR) is 79.0 cm³/mol. The van der Waals surface area contributed by atoms with E-state index >= 15 is 0 Å². The number of para-hydroxylation sites is 1. The van der Waals surface area contributed by atoms with Gasteiger partial charge in [0.25, 0.3) is 0 Å². The van der Waals surface area contributed by atoms with Crippen LogP contribution in [0.25, 0.3) is 0 Å². The molecule has 0 saturated heterocycles. The van der Waals surface area contributed by atoms with Crippen LogP contribution in [0.2, 0.25) is 0 Å². The molecular weight excluding hydrogens is 335 g/mol. The Morgan fingerprint density at radius 2 is 1.61 bits per heavy atom. The maximum Gasteiger partial charge on any atom is 1.00 e. The second-order valence-corrected chi connectivity index (χ2v) is 4.58. The van der Waals surface area contributed by atoms with Crippen LogP contribution >= 0.6 is 0 Å². The van der Waals surface area contributed by atoms with E-state index < -0.39 is 12.4 Å². The Kier molecular flexibility index (Phi) is 7.96. The smallest absolute Gasteiger partial charge is 0.497 e. The van der Waals surface area contributed by atoms with Gasteiger partial charge in [0.2, 0.25) is 0 Å². The van der Waals surface area contributed by atoms with Crippen molar-refractivity contribution in [1.29, 1.82) is 0 Å². The standard InChI is InChI=1S/C15H15BF3O3.K/c1-20-12-7-8-15(13(9-12)16(17,18)19)22-10-11-5-3-4-6-14(11)21-2;/h3-9H,10H2,1-2H3;/q-1;+1. The first-order valence-corrected chi connectivity index (χ1v) is 6.58. The molecule has 118 valence electrons. The number of hydrogen-bond acceptors (Lipinski definition) is 3. The van der Waals surface area contributed by atoms with Gasteiger partial charge in [0, 0.05) is 5.56 Å². The molecule has 23 heavy (non-hydrogen) atoms. The molecule has 2 aromatic rings. The molecular formula is C15H15BF3KO3. The van der Waals surface area contributed by atoms with Crippen LogP contribution < -0.4 is 71.1 Å². The predicted octanol–water partition coefficient (Wildman–Crippen LogP) is 0.341. The zero-order valence-electron chi connectivity index (χ0n) is 13.2. The van der Waals surface area contributed by atoms with Crippen LogP contribution in [0.4, 0.5) is 12.9 Å². The van der Waals surface area contributed by atoms with E-state index in [2.05, 4.69) is 0 Å². The van der Waals surface area contributed by atoms with Crippen molar-refractivity contribution in [3.63, 3.8) is 0 Å². The van der Waals surface area contributed by atoms with Crippen molar-refractivity contribution in [2.24, 2.45) is 0 Å². The first-order valence-electron chi connectivity index (χ1n) is 6.58. The summed E-state index contributed by atoms with van der Waals surface area (Å²) in [4.78, 5) is 0. The third-order valence-corrected chi connectivity index (χ3v) is 3.15. The minimum absolute atomic E-state index is 0. The molecule has 0 spiro atoms. The van der Waals surface area contributed by atoms with Crippen molar-refractivity contribution in [1.82, 2.24) is 0 Å². The van der Waals surface area contributed by atoms with Gasteiger partial charge in [-0.3, -0.25) is 0 Å². The van der Waals surface area contributed by atoms with E-state index in [1.807, 2.05) is 0 Å². The molecule has 0 bridgehead atoms. The van der Waals surface area contributed by atoms with Crippen LogP contribution in [0.15, 0.2) is 42.5 Å². The average molecular weight is 350 g/mol. The first kappa shape index (κ1) is 20.4. The van der Waals surface area contributed by atoms with E-state index in [9.17, 15) is 12.9 Å². The second kappa shape index (κ2) is 8.98. The summed E-state index contributed by atoms with van der Waals surface area (Å²) >= 11 is 0. The van der Waals surface area contributed by atoms with Crippen LogP contribution in [0, 0.1) is 0 Å². The Bertz CT molecular complexity index is 650. The molecule has 0 heterocycles.